The topological polar surface area (TPSA) is 52.7 Å². The highest BCUT2D eigenvalue weighted by Crippen LogP contribution is 2.27. The molecule has 2 aliphatic heterocycles. The lowest BCUT2D eigenvalue weighted by Crippen LogP contribution is -2.34. The lowest BCUT2D eigenvalue weighted by atomic mass is 10.2. The van der Waals surface area contributed by atoms with Crippen LogP contribution < -0.4 is 5.32 Å². The number of anilines is 1. The largest absolute Gasteiger partial charge is 0.384 e. The van der Waals surface area contributed by atoms with E-state index in [0.29, 0.717) is 18.0 Å². The van der Waals surface area contributed by atoms with E-state index in [0.717, 1.165) is 38.2 Å². The van der Waals surface area contributed by atoms with E-state index >= 15 is 0 Å². The van der Waals surface area contributed by atoms with Crippen molar-refractivity contribution < 1.29 is 8.42 Å². The molecule has 0 amide bonds. The molecular weight excluding hydrogens is 274 g/mol. The van der Waals surface area contributed by atoms with Crippen LogP contribution in [0.1, 0.15) is 12.0 Å². The number of hydrogen-bond donors (Lipinski definition) is 1. The van der Waals surface area contributed by atoms with Crippen molar-refractivity contribution in [1.82, 2.24) is 9.21 Å². The van der Waals surface area contributed by atoms with E-state index in [9.17, 15) is 8.42 Å². The van der Waals surface area contributed by atoms with Gasteiger partial charge in [0.1, 0.15) is 0 Å². The fraction of sp³-hybridized carbons (Fsp3) is 0.571. The Bertz CT molecular complexity index is 600. The Morgan fingerprint density at radius 2 is 2.00 bits per heavy atom. The molecule has 0 spiro atoms. The van der Waals surface area contributed by atoms with Crippen LogP contribution in [0.2, 0.25) is 0 Å². The smallest absolute Gasteiger partial charge is 0.243 e. The minimum atomic E-state index is -3.36. The second kappa shape index (κ2) is 5.35. The van der Waals surface area contributed by atoms with Crippen LogP contribution in [0.15, 0.2) is 23.1 Å². The van der Waals surface area contributed by atoms with Gasteiger partial charge in [-0.05, 0) is 44.1 Å². The Labute approximate surface area is 120 Å². The molecule has 2 aliphatic rings. The van der Waals surface area contributed by atoms with Crippen molar-refractivity contribution in [3.8, 4) is 0 Å². The predicted octanol–water partition coefficient (Wildman–Crippen LogP) is 0.981. The average molecular weight is 295 g/mol. The Kier molecular flexibility index (Phi) is 3.70. The number of fused-ring (bicyclic) bond motifs is 1. The molecule has 5 nitrogen and oxygen atoms in total. The molecule has 0 saturated carbocycles. The third kappa shape index (κ3) is 2.55. The Balaban J connectivity index is 1.87. The van der Waals surface area contributed by atoms with Gasteiger partial charge in [0.15, 0.2) is 0 Å². The average Bonchev–Trinajstić information content (AvgIpc) is 2.78. The number of rotatable bonds is 2. The first-order chi connectivity index (χ1) is 9.57. The fourth-order valence-corrected chi connectivity index (χ4v) is 4.34. The molecule has 0 radical (unpaired) electrons. The second-order valence-electron chi connectivity index (χ2n) is 5.56. The van der Waals surface area contributed by atoms with Crippen LogP contribution in [0.5, 0.6) is 0 Å². The van der Waals surface area contributed by atoms with Gasteiger partial charge in [-0.15, -0.1) is 0 Å². The molecule has 1 saturated heterocycles. The quantitative estimate of drug-likeness (QED) is 0.884. The summed E-state index contributed by atoms with van der Waals surface area (Å²) in [5.74, 6) is 0. The third-order valence-electron chi connectivity index (χ3n) is 4.11. The highest BCUT2D eigenvalue weighted by atomic mass is 32.2. The van der Waals surface area contributed by atoms with Gasteiger partial charge in [0.25, 0.3) is 0 Å². The van der Waals surface area contributed by atoms with Gasteiger partial charge in [0, 0.05) is 31.9 Å². The van der Waals surface area contributed by atoms with Crippen molar-refractivity contribution in [1.29, 1.82) is 0 Å². The molecule has 1 aromatic rings. The number of nitrogens with one attached hydrogen (secondary N) is 1. The molecule has 0 bridgehead atoms. The predicted molar refractivity (Wildman–Crippen MR) is 79.5 cm³/mol. The van der Waals surface area contributed by atoms with Gasteiger partial charge in [-0.1, -0.05) is 6.07 Å². The first-order valence-electron chi connectivity index (χ1n) is 7.13. The minimum absolute atomic E-state index is 0.412. The number of likely N-dealkylation sites (N-methyl/N-ethyl adjacent to an activating group) is 1. The van der Waals surface area contributed by atoms with Crippen molar-refractivity contribution >= 4 is 15.7 Å². The lowest BCUT2D eigenvalue weighted by molar-refractivity contribution is 0.347. The van der Waals surface area contributed by atoms with E-state index in [1.807, 2.05) is 13.1 Å². The first kappa shape index (κ1) is 13.9. The summed E-state index contributed by atoms with van der Waals surface area (Å²) in [4.78, 5) is 2.59. The summed E-state index contributed by atoms with van der Waals surface area (Å²) in [5, 5.41) is 3.24. The summed E-state index contributed by atoms with van der Waals surface area (Å²) in [6.45, 7) is 3.83. The first-order valence-corrected chi connectivity index (χ1v) is 8.57. The van der Waals surface area contributed by atoms with E-state index in [2.05, 4.69) is 10.2 Å². The van der Waals surface area contributed by atoms with Crippen LogP contribution in [0, 0.1) is 0 Å². The summed E-state index contributed by atoms with van der Waals surface area (Å²) in [5.41, 5.74) is 2.18. The summed E-state index contributed by atoms with van der Waals surface area (Å²) in [6, 6.07) is 5.47. The molecule has 3 rings (SSSR count). The van der Waals surface area contributed by atoms with Crippen molar-refractivity contribution in [3.05, 3.63) is 23.8 Å². The molecular formula is C14H21N3O2S. The van der Waals surface area contributed by atoms with Crippen molar-refractivity contribution in [2.24, 2.45) is 0 Å². The number of hydrogen-bond acceptors (Lipinski definition) is 4. The summed E-state index contributed by atoms with van der Waals surface area (Å²) < 4.78 is 27.1. The van der Waals surface area contributed by atoms with E-state index in [1.165, 1.54) is 5.56 Å². The van der Waals surface area contributed by atoms with Gasteiger partial charge >= 0.3 is 0 Å². The third-order valence-corrected chi connectivity index (χ3v) is 6.00. The lowest BCUT2D eigenvalue weighted by Gasteiger charge is -2.20. The maximum Gasteiger partial charge on any atom is 0.243 e. The Hall–Kier alpha value is -1.11. The van der Waals surface area contributed by atoms with Gasteiger partial charge in [-0.3, -0.25) is 0 Å². The molecule has 6 heteroatoms. The number of benzene rings is 1. The zero-order valence-corrected chi connectivity index (χ0v) is 12.6. The van der Waals surface area contributed by atoms with Gasteiger partial charge in [-0.2, -0.15) is 4.31 Å². The highest BCUT2D eigenvalue weighted by molar-refractivity contribution is 7.89. The van der Waals surface area contributed by atoms with Crippen LogP contribution in [0.3, 0.4) is 0 Å². The standard InChI is InChI=1S/C14H21N3O2S/c1-16-7-2-8-17(10-9-16)20(18,19)13-4-3-12-5-6-15-14(12)11-13/h3-4,11,15H,2,5-10H2,1H3. The zero-order valence-electron chi connectivity index (χ0n) is 11.8. The van der Waals surface area contributed by atoms with Crippen LogP contribution in [0.4, 0.5) is 5.69 Å². The Morgan fingerprint density at radius 3 is 2.85 bits per heavy atom. The zero-order chi connectivity index (χ0) is 14.2. The molecule has 1 N–H and O–H groups in total. The minimum Gasteiger partial charge on any atom is -0.384 e. The molecule has 110 valence electrons. The second-order valence-corrected chi connectivity index (χ2v) is 7.49. The van der Waals surface area contributed by atoms with Crippen LogP contribution in [-0.4, -0.2) is 57.4 Å². The molecule has 1 fully saturated rings. The van der Waals surface area contributed by atoms with E-state index in [1.54, 1.807) is 16.4 Å². The van der Waals surface area contributed by atoms with Gasteiger partial charge < -0.3 is 10.2 Å². The van der Waals surface area contributed by atoms with Crippen molar-refractivity contribution in [2.45, 2.75) is 17.7 Å². The highest BCUT2D eigenvalue weighted by Gasteiger charge is 2.27. The monoisotopic (exact) mass is 295 g/mol. The van der Waals surface area contributed by atoms with Crippen LogP contribution in [0.25, 0.3) is 0 Å². The molecule has 0 aromatic heterocycles. The van der Waals surface area contributed by atoms with Crippen molar-refractivity contribution in [2.75, 3.05) is 45.1 Å². The fourth-order valence-electron chi connectivity index (χ4n) is 2.84. The maximum atomic E-state index is 12.7. The van der Waals surface area contributed by atoms with Gasteiger partial charge in [0.2, 0.25) is 10.0 Å². The summed E-state index contributed by atoms with van der Waals surface area (Å²) in [6.07, 6.45) is 1.86. The molecule has 1 aromatic carbocycles. The Morgan fingerprint density at radius 1 is 1.15 bits per heavy atom. The summed E-state index contributed by atoms with van der Waals surface area (Å²) in [7, 11) is -1.33. The normalized spacial score (nSPS) is 21.2. The molecule has 0 aliphatic carbocycles. The molecule has 0 atom stereocenters. The van der Waals surface area contributed by atoms with E-state index in [-0.39, 0.29) is 0 Å². The summed E-state index contributed by atoms with van der Waals surface area (Å²) >= 11 is 0. The number of sulfonamides is 1. The molecule has 2 heterocycles. The maximum absolute atomic E-state index is 12.7. The van der Waals surface area contributed by atoms with Gasteiger partial charge in [0.05, 0.1) is 4.90 Å². The van der Waals surface area contributed by atoms with E-state index in [4.69, 9.17) is 0 Å². The number of nitrogens with zero attached hydrogens (tertiary/aromatic N) is 2. The van der Waals surface area contributed by atoms with Crippen molar-refractivity contribution in [3.63, 3.8) is 0 Å². The van der Waals surface area contributed by atoms with E-state index < -0.39 is 10.0 Å². The van der Waals surface area contributed by atoms with Crippen LogP contribution >= 0.6 is 0 Å². The van der Waals surface area contributed by atoms with Crippen LogP contribution in [-0.2, 0) is 16.4 Å². The molecule has 0 unspecified atom stereocenters. The van der Waals surface area contributed by atoms with Gasteiger partial charge in [-0.25, -0.2) is 8.42 Å². The molecule has 20 heavy (non-hydrogen) atoms. The SMILES string of the molecule is CN1CCCN(S(=O)(=O)c2ccc3c(c2)NCC3)CC1.